The first kappa shape index (κ1) is 14.7. The molecular formula is C12H16Br2N2Si. The summed E-state index contributed by atoms with van der Waals surface area (Å²) in [5, 5.41) is 0. The maximum atomic E-state index is 4.20. The molecule has 17 heavy (non-hydrogen) atoms. The Kier molecular flexibility index (Phi) is 5.62. The van der Waals surface area contributed by atoms with Crippen LogP contribution in [0.4, 0.5) is 0 Å². The molecule has 92 valence electrons. The molecule has 0 N–H and O–H groups in total. The molecule has 0 saturated carbocycles. The number of hydrogen-bond donors (Lipinski definition) is 0. The van der Waals surface area contributed by atoms with Crippen LogP contribution in [0.3, 0.4) is 0 Å². The van der Waals surface area contributed by atoms with E-state index in [4.69, 9.17) is 0 Å². The highest BCUT2D eigenvalue weighted by Gasteiger charge is 2.03. The van der Waals surface area contributed by atoms with Crippen LogP contribution in [-0.2, 0) is 0 Å². The van der Waals surface area contributed by atoms with E-state index in [0.29, 0.717) is 0 Å². The van der Waals surface area contributed by atoms with Crippen LogP contribution < -0.4 is 0 Å². The number of hydrogen-bond acceptors (Lipinski definition) is 1. The minimum atomic E-state index is -0.799. The van der Waals surface area contributed by atoms with Crippen LogP contribution in [0.2, 0.25) is 19.6 Å². The first-order valence-electron chi connectivity index (χ1n) is 5.30. The molecule has 0 spiro atoms. The lowest BCUT2D eigenvalue weighted by molar-refractivity contribution is 1.01. The summed E-state index contributed by atoms with van der Waals surface area (Å²) >= 11 is 6.89. The maximum absolute atomic E-state index is 4.20. The quantitative estimate of drug-likeness (QED) is 0.514. The van der Waals surface area contributed by atoms with Gasteiger partial charge in [0, 0.05) is 23.1 Å². The van der Waals surface area contributed by atoms with E-state index in [1.807, 2.05) is 41.2 Å². The molecule has 0 saturated heterocycles. The van der Waals surface area contributed by atoms with Crippen molar-refractivity contribution in [2.45, 2.75) is 19.6 Å². The fourth-order valence-electron chi connectivity index (χ4n) is 1.02. The van der Waals surface area contributed by atoms with Gasteiger partial charge in [0.2, 0.25) is 0 Å². The van der Waals surface area contributed by atoms with Gasteiger partial charge in [0.25, 0.3) is 0 Å². The Morgan fingerprint density at radius 3 is 2.24 bits per heavy atom. The summed E-state index contributed by atoms with van der Waals surface area (Å²) in [5.74, 6) is 0.934. The minimum absolute atomic E-state index is 0.799. The van der Waals surface area contributed by atoms with Crippen molar-refractivity contribution in [1.29, 1.82) is 0 Å². The van der Waals surface area contributed by atoms with Crippen molar-refractivity contribution in [3.8, 4) is 5.82 Å². The van der Waals surface area contributed by atoms with Crippen LogP contribution >= 0.6 is 31.2 Å². The zero-order valence-electron chi connectivity index (χ0n) is 10.2. The highest BCUT2D eigenvalue weighted by Crippen LogP contribution is 2.12. The number of nitrogens with zero attached hydrogens (tertiary/aromatic N) is 2. The lowest BCUT2D eigenvalue weighted by Gasteiger charge is -1.98. The molecule has 0 bridgehead atoms. The van der Waals surface area contributed by atoms with Crippen molar-refractivity contribution < 1.29 is 0 Å². The summed E-state index contributed by atoms with van der Waals surface area (Å²) in [7, 11) is 0. The van der Waals surface area contributed by atoms with E-state index in [0.717, 1.165) is 10.3 Å². The van der Waals surface area contributed by atoms with Crippen LogP contribution in [-0.4, -0.2) is 16.2 Å². The number of rotatable bonds is 1. The summed E-state index contributed by atoms with van der Waals surface area (Å²) in [6.45, 7) is 5.93. The second-order valence-corrected chi connectivity index (χ2v) is 16.7. The third-order valence-corrected chi connectivity index (χ3v) is 2.04. The van der Waals surface area contributed by atoms with Crippen LogP contribution in [0.5, 0.6) is 0 Å². The van der Waals surface area contributed by atoms with Crippen molar-refractivity contribution in [2.24, 2.45) is 0 Å². The highest BCUT2D eigenvalue weighted by molar-refractivity contribution is 9.26. The van der Waals surface area contributed by atoms with Crippen LogP contribution in [0.15, 0.2) is 47.3 Å². The van der Waals surface area contributed by atoms with Crippen LogP contribution in [0.25, 0.3) is 5.82 Å². The monoisotopic (exact) mass is 374 g/mol. The van der Waals surface area contributed by atoms with Gasteiger partial charge in [-0.1, -0.05) is 25.7 Å². The fraction of sp³-hybridized carbons (Fsp3) is 0.250. The van der Waals surface area contributed by atoms with Crippen molar-refractivity contribution in [1.82, 2.24) is 9.55 Å². The maximum Gasteiger partial charge on any atom is 0.136 e. The molecule has 2 aromatic rings. The van der Waals surface area contributed by atoms with Crippen LogP contribution in [0.1, 0.15) is 0 Å². The highest BCUT2D eigenvalue weighted by atomic mass is 79.9. The van der Waals surface area contributed by atoms with E-state index in [1.54, 1.807) is 6.20 Å². The summed E-state index contributed by atoms with van der Waals surface area (Å²) in [5.41, 5.74) is 0. The van der Waals surface area contributed by atoms with Gasteiger partial charge in [0.15, 0.2) is 0 Å². The molecule has 0 aliphatic carbocycles. The van der Waals surface area contributed by atoms with Gasteiger partial charge in [0.1, 0.15) is 12.5 Å². The predicted octanol–water partition coefficient (Wildman–Crippen LogP) is 4.85. The first-order valence-corrected chi connectivity index (χ1v) is 11.8. The van der Waals surface area contributed by atoms with Gasteiger partial charge < -0.3 is 4.57 Å². The van der Waals surface area contributed by atoms with Gasteiger partial charge in [-0.3, -0.25) is 0 Å². The molecule has 2 heterocycles. The zero-order valence-corrected chi connectivity index (χ0v) is 14.4. The third kappa shape index (κ3) is 6.80. The van der Waals surface area contributed by atoms with Crippen LogP contribution in [0, 0.1) is 0 Å². The Hall–Kier alpha value is -0.393. The fourth-order valence-corrected chi connectivity index (χ4v) is 1.36. The Bertz CT molecular complexity index is 443. The first-order chi connectivity index (χ1) is 7.86. The Morgan fingerprint density at radius 2 is 1.82 bits per heavy atom. The van der Waals surface area contributed by atoms with E-state index in [2.05, 4.69) is 55.8 Å². The summed E-state index contributed by atoms with van der Waals surface area (Å²) in [4.78, 5) is 4.20. The van der Waals surface area contributed by atoms with E-state index in [9.17, 15) is 0 Å². The van der Waals surface area contributed by atoms with Gasteiger partial charge in [-0.25, -0.2) is 4.98 Å². The van der Waals surface area contributed by atoms with E-state index in [1.165, 1.54) is 0 Å². The Labute approximate surface area is 120 Å². The van der Waals surface area contributed by atoms with Crippen molar-refractivity contribution in [3.63, 3.8) is 0 Å². The van der Waals surface area contributed by atoms with Gasteiger partial charge in [-0.05, 0) is 34.1 Å². The summed E-state index contributed by atoms with van der Waals surface area (Å²) in [6.07, 6.45) is 5.72. The molecule has 5 heteroatoms. The number of pyridine rings is 1. The molecule has 2 aromatic heterocycles. The molecule has 0 amide bonds. The van der Waals surface area contributed by atoms with E-state index < -0.39 is 6.69 Å². The van der Waals surface area contributed by atoms with Crippen molar-refractivity contribution >= 4 is 37.9 Å². The summed E-state index contributed by atoms with van der Waals surface area (Å²) in [6, 6.07) is 7.82. The molecule has 0 radical (unpaired) electrons. The molecular weight excluding hydrogens is 360 g/mol. The molecule has 0 fully saturated rings. The van der Waals surface area contributed by atoms with Gasteiger partial charge in [-0.15, -0.1) is 15.3 Å². The van der Waals surface area contributed by atoms with Gasteiger partial charge in [-0.2, -0.15) is 0 Å². The summed E-state index contributed by atoms with van der Waals surface area (Å²) < 4.78 is 3.03. The average Bonchev–Trinajstić information content (AvgIpc) is 2.64. The lowest BCUT2D eigenvalue weighted by Crippen LogP contribution is -2.05. The third-order valence-electron chi connectivity index (χ3n) is 1.57. The predicted molar refractivity (Wildman–Crippen MR) is 83.5 cm³/mol. The van der Waals surface area contributed by atoms with Crippen molar-refractivity contribution in [2.75, 3.05) is 0 Å². The molecule has 2 nitrogen and oxygen atoms in total. The minimum Gasteiger partial charge on any atom is -0.307 e. The van der Waals surface area contributed by atoms with E-state index >= 15 is 0 Å². The number of halogens is 2. The Morgan fingerprint density at radius 1 is 1.18 bits per heavy atom. The molecule has 0 unspecified atom stereocenters. The normalized spacial score (nSPS) is 10.6. The second-order valence-electron chi connectivity index (χ2n) is 4.49. The average molecular weight is 376 g/mol. The number of aromatic nitrogens is 2. The molecule has 0 aliphatic heterocycles. The molecule has 0 atom stereocenters. The topological polar surface area (TPSA) is 17.8 Å². The second kappa shape index (κ2) is 6.52. The van der Waals surface area contributed by atoms with E-state index in [-0.39, 0.29) is 0 Å². The Balaban J connectivity index is 0.000000249. The lowest BCUT2D eigenvalue weighted by atomic mass is 10.5. The smallest absolute Gasteiger partial charge is 0.136 e. The SMILES string of the molecule is Brc1ccn(-c2ccccn2)c1.C[Si](C)(C)Br. The van der Waals surface area contributed by atoms with Gasteiger partial charge in [0.05, 0.1) is 0 Å². The molecule has 2 rings (SSSR count). The van der Waals surface area contributed by atoms with Gasteiger partial charge >= 0.3 is 0 Å². The molecule has 0 aromatic carbocycles. The standard InChI is InChI=1S/C9H7BrN2.C3H9BrSi/c10-8-4-6-12(7-8)9-3-1-2-5-11-9;1-5(2,3)4/h1-7H;1-3H3. The largest absolute Gasteiger partial charge is 0.307 e. The van der Waals surface area contributed by atoms with Crippen molar-refractivity contribution in [3.05, 3.63) is 47.3 Å². The zero-order chi connectivity index (χ0) is 12.9. The molecule has 0 aliphatic rings.